The first kappa shape index (κ1) is 17.8. The predicted molar refractivity (Wildman–Crippen MR) is 90.3 cm³/mol. The van der Waals surface area contributed by atoms with Crippen LogP contribution in [0.15, 0.2) is 45.5 Å². The van der Waals surface area contributed by atoms with Gasteiger partial charge in [0.15, 0.2) is 11.3 Å². The van der Waals surface area contributed by atoms with Gasteiger partial charge in [0.05, 0.1) is 19.8 Å². The Labute approximate surface area is 147 Å². The lowest BCUT2D eigenvalue weighted by molar-refractivity contribution is -0.136. The molecule has 0 spiro atoms. The highest BCUT2D eigenvalue weighted by atomic mass is 79.9. The topological polar surface area (TPSA) is 75.0 Å². The number of halogens is 1. The molecule has 0 aliphatic heterocycles. The first-order valence-electron chi connectivity index (χ1n) is 6.89. The lowest BCUT2D eigenvalue weighted by Gasteiger charge is -2.09. The van der Waals surface area contributed by atoms with Crippen molar-refractivity contribution in [2.75, 3.05) is 20.8 Å². The maximum atomic E-state index is 12.2. The number of esters is 1. The maximum absolute atomic E-state index is 12.2. The lowest BCUT2D eigenvalue weighted by Crippen LogP contribution is -2.13. The molecular weight excluding hydrogens is 380 g/mol. The summed E-state index contributed by atoms with van der Waals surface area (Å²) < 4.78 is 20.9. The van der Waals surface area contributed by atoms with Crippen molar-refractivity contribution < 1.29 is 28.2 Å². The summed E-state index contributed by atoms with van der Waals surface area (Å²) >= 11 is 3.16. The van der Waals surface area contributed by atoms with E-state index in [9.17, 15) is 9.59 Å². The zero-order chi connectivity index (χ0) is 17.5. The Hall–Kier alpha value is -2.54. The summed E-state index contributed by atoms with van der Waals surface area (Å²) in [5, 5.41) is 0. The van der Waals surface area contributed by atoms with E-state index >= 15 is 0 Å². The highest BCUT2D eigenvalue weighted by molar-refractivity contribution is 9.10. The number of Topliss-reactive ketones (excluding diaryl/α,β-unsaturated/α-hetero) is 1. The van der Waals surface area contributed by atoms with Gasteiger partial charge in [-0.05, 0) is 46.3 Å². The Morgan fingerprint density at radius 3 is 2.58 bits per heavy atom. The fourth-order valence-electron chi connectivity index (χ4n) is 1.86. The number of furan rings is 1. The molecule has 0 saturated carbocycles. The summed E-state index contributed by atoms with van der Waals surface area (Å²) in [5.41, 5.74) is 0.310. The Kier molecular flexibility index (Phi) is 6.20. The van der Waals surface area contributed by atoms with Gasteiger partial charge in [0.2, 0.25) is 5.78 Å². The molecule has 0 aliphatic carbocycles. The van der Waals surface area contributed by atoms with E-state index < -0.39 is 12.6 Å². The summed E-state index contributed by atoms with van der Waals surface area (Å²) in [4.78, 5) is 23.8. The third-order valence-electron chi connectivity index (χ3n) is 3.03. The van der Waals surface area contributed by atoms with Crippen LogP contribution in [0.25, 0.3) is 6.08 Å². The van der Waals surface area contributed by atoms with Crippen molar-refractivity contribution in [2.45, 2.75) is 0 Å². The third kappa shape index (κ3) is 4.73. The number of methoxy groups -OCH3 is 2. The molecule has 1 aromatic heterocycles. The van der Waals surface area contributed by atoms with Crippen molar-refractivity contribution in [1.29, 1.82) is 0 Å². The molecule has 1 heterocycles. The van der Waals surface area contributed by atoms with Crippen molar-refractivity contribution in [1.82, 2.24) is 0 Å². The number of hydrogen-bond acceptors (Lipinski definition) is 6. The molecule has 0 amide bonds. The molecule has 0 aliphatic rings. The van der Waals surface area contributed by atoms with E-state index in [0.717, 1.165) is 0 Å². The van der Waals surface area contributed by atoms with Crippen LogP contribution in [0.2, 0.25) is 0 Å². The van der Waals surface area contributed by atoms with Gasteiger partial charge in [0.25, 0.3) is 0 Å². The molecule has 0 unspecified atom stereocenters. The number of ketones is 1. The van der Waals surface area contributed by atoms with E-state index in [1.54, 1.807) is 30.3 Å². The molecule has 0 atom stereocenters. The van der Waals surface area contributed by atoms with Gasteiger partial charge in [-0.3, -0.25) is 4.79 Å². The van der Waals surface area contributed by atoms with Crippen LogP contribution in [0.4, 0.5) is 0 Å². The summed E-state index contributed by atoms with van der Waals surface area (Å²) in [6, 6.07) is 8.16. The number of rotatable bonds is 7. The van der Waals surface area contributed by atoms with Crippen molar-refractivity contribution in [3.05, 3.63) is 52.4 Å². The Morgan fingerprint density at radius 2 is 1.96 bits per heavy atom. The predicted octanol–water partition coefficient (Wildman–Crippen LogP) is 3.50. The van der Waals surface area contributed by atoms with E-state index in [2.05, 4.69) is 15.9 Å². The monoisotopic (exact) mass is 394 g/mol. The van der Waals surface area contributed by atoms with E-state index in [-0.39, 0.29) is 5.78 Å². The molecule has 24 heavy (non-hydrogen) atoms. The highest BCUT2D eigenvalue weighted by Gasteiger charge is 2.15. The van der Waals surface area contributed by atoms with Crippen LogP contribution in [-0.4, -0.2) is 32.6 Å². The van der Waals surface area contributed by atoms with Gasteiger partial charge in [0.1, 0.15) is 17.3 Å². The van der Waals surface area contributed by atoms with E-state index in [1.165, 1.54) is 26.4 Å². The molecular formula is C17H15BrO6. The first-order chi connectivity index (χ1) is 11.5. The zero-order valence-electron chi connectivity index (χ0n) is 13.1. The molecule has 126 valence electrons. The number of carbonyl (C=O) groups excluding carboxylic acids is 2. The fourth-order valence-corrected chi connectivity index (χ4v) is 2.18. The van der Waals surface area contributed by atoms with E-state index in [1.807, 2.05) is 0 Å². The molecule has 0 N–H and O–H groups in total. The third-order valence-corrected chi connectivity index (χ3v) is 3.46. The summed E-state index contributed by atoms with van der Waals surface area (Å²) in [6.07, 6.45) is 2.63. The van der Waals surface area contributed by atoms with Crippen LogP contribution in [0, 0.1) is 0 Å². The number of ether oxygens (including phenoxy) is 3. The Bertz CT molecular complexity index is 762. The number of hydrogen-bond donors (Lipinski definition) is 0. The maximum Gasteiger partial charge on any atom is 0.331 e. The molecule has 6 nitrogen and oxygen atoms in total. The van der Waals surface area contributed by atoms with Crippen molar-refractivity contribution in [3.8, 4) is 11.5 Å². The quantitative estimate of drug-likeness (QED) is 0.406. The average Bonchev–Trinajstić information content (AvgIpc) is 3.02. The van der Waals surface area contributed by atoms with Crippen LogP contribution in [0.1, 0.15) is 16.1 Å². The largest absolute Gasteiger partial charge is 0.497 e. The molecule has 0 fully saturated rings. The molecule has 0 saturated heterocycles. The SMILES string of the molecule is COc1ccc(C(=O)COC(=O)C=Cc2ccc(Br)o2)c(OC)c1. The first-order valence-corrected chi connectivity index (χ1v) is 7.68. The second-order valence-corrected chi connectivity index (χ2v) is 5.35. The minimum absolute atomic E-state index is 0.310. The normalized spacial score (nSPS) is 10.6. The van der Waals surface area contributed by atoms with Crippen molar-refractivity contribution >= 4 is 33.8 Å². The van der Waals surface area contributed by atoms with Crippen molar-refractivity contribution in [3.63, 3.8) is 0 Å². The Morgan fingerprint density at radius 1 is 1.17 bits per heavy atom. The van der Waals surface area contributed by atoms with E-state index in [0.29, 0.717) is 27.5 Å². The average molecular weight is 395 g/mol. The van der Waals surface area contributed by atoms with Gasteiger partial charge in [-0.15, -0.1) is 0 Å². The molecule has 0 radical (unpaired) electrons. The minimum atomic E-state index is -0.650. The van der Waals surface area contributed by atoms with Crippen molar-refractivity contribution in [2.24, 2.45) is 0 Å². The van der Waals surface area contributed by atoms with Gasteiger partial charge >= 0.3 is 5.97 Å². The lowest BCUT2D eigenvalue weighted by atomic mass is 10.1. The van der Waals surface area contributed by atoms with Gasteiger partial charge in [-0.2, -0.15) is 0 Å². The summed E-state index contributed by atoms with van der Waals surface area (Å²) in [5.74, 6) is 0.377. The van der Waals surface area contributed by atoms with Crippen LogP contribution < -0.4 is 9.47 Å². The van der Waals surface area contributed by atoms with E-state index in [4.69, 9.17) is 18.6 Å². The molecule has 0 bridgehead atoms. The highest BCUT2D eigenvalue weighted by Crippen LogP contribution is 2.25. The molecule has 7 heteroatoms. The second-order valence-electron chi connectivity index (χ2n) is 4.57. The smallest absolute Gasteiger partial charge is 0.331 e. The second kappa shape index (κ2) is 8.35. The molecule has 2 aromatic rings. The van der Waals surface area contributed by atoms with Crippen LogP contribution in [0.3, 0.4) is 0 Å². The number of carbonyl (C=O) groups is 2. The van der Waals surface area contributed by atoms with Crippen LogP contribution in [-0.2, 0) is 9.53 Å². The minimum Gasteiger partial charge on any atom is -0.497 e. The van der Waals surface area contributed by atoms with Gasteiger partial charge in [-0.1, -0.05) is 0 Å². The van der Waals surface area contributed by atoms with Gasteiger partial charge < -0.3 is 18.6 Å². The van der Waals surface area contributed by atoms with Crippen LogP contribution in [0.5, 0.6) is 11.5 Å². The van der Waals surface area contributed by atoms with Gasteiger partial charge in [-0.25, -0.2) is 4.79 Å². The molecule has 1 aromatic carbocycles. The van der Waals surface area contributed by atoms with Gasteiger partial charge in [0, 0.05) is 12.1 Å². The number of benzene rings is 1. The standard InChI is InChI=1S/C17H15BrO6/c1-21-12-3-6-13(15(9-12)22-2)14(19)10-23-17(20)8-5-11-4-7-16(18)24-11/h3-9H,10H2,1-2H3. The summed E-state index contributed by atoms with van der Waals surface area (Å²) in [7, 11) is 2.96. The molecule has 2 rings (SSSR count). The fraction of sp³-hybridized carbons (Fsp3) is 0.176. The Balaban J connectivity index is 1.95. The van der Waals surface area contributed by atoms with Crippen LogP contribution >= 0.6 is 15.9 Å². The summed E-state index contributed by atoms with van der Waals surface area (Å²) in [6.45, 7) is -0.395. The zero-order valence-corrected chi connectivity index (χ0v) is 14.7.